The lowest BCUT2D eigenvalue weighted by Crippen LogP contribution is -2.43. The van der Waals surface area contributed by atoms with Gasteiger partial charge in [0.2, 0.25) is 0 Å². The van der Waals surface area contributed by atoms with Crippen molar-refractivity contribution in [2.24, 2.45) is 0 Å². The van der Waals surface area contributed by atoms with Crippen molar-refractivity contribution >= 4 is 17.8 Å². The first-order valence-electron chi connectivity index (χ1n) is 9.97. The second-order valence-corrected chi connectivity index (χ2v) is 9.20. The highest BCUT2D eigenvalue weighted by molar-refractivity contribution is 7.99. The molecule has 0 saturated carbocycles. The monoisotopic (exact) mass is 414 g/mol. The number of nitrogens with one attached hydrogen (secondary N) is 1. The van der Waals surface area contributed by atoms with Crippen LogP contribution in [0.3, 0.4) is 0 Å². The Morgan fingerprint density at radius 2 is 1.66 bits per heavy atom. The molecule has 0 aromatic heterocycles. The topological polar surface area (TPSA) is 50.8 Å². The third-order valence-electron chi connectivity index (χ3n) is 5.10. The molecule has 5 nitrogen and oxygen atoms in total. The summed E-state index contributed by atoms with van der Waals surface area (Å²) in [7, 11) is 3.27. The lowest BCUT2D eigenvalue weighted by atomic mass is 9.99. The molecule has 2 aromatic carbocycles. The SMILES string of the molecule is COc1cc2c(cc1OC)CN(C(=O)NC(C)c1ccc(SC(C)C)cc1)CC2. The Labute approximate surface area is 177 Å². The summed E-state index contributed by atoms with van der Waals surface area (Å²) in [5.74, 6) is 1.43. The maximum absolute atomic E-state index is 12.8. The number of urea groups is 1. The molecule has 0 aliphatic carbocycles. The molecule has 0 radical (unpaired) electrons. The van der Waals surface area contributed by atoms with Crippen LogP contribution in [0.15, 0.2) is 41.3 Å². The predicted molar refractivity (Wildman–Crippen MR) is 118 cm³/mol. The third kappa shape index (κ3) is 5.18. The molecule has 0 bridgehead atoms. The Balaban J connectivity index is 1.64. The van der Waals surface area contributed by atoms with Crippen LogP contribution >= 0.6 is 11.8 Å². The number of fused-ring (bicyclic) bond motifs is 1. The number of hydrogen-bond donors (Lipinski definition) is 1. The minimum atomic E-state index is -0.0487. The van der Waals surface area contributed by atoms with Crippen LogP contribution in [0.5, 0.6) is 11.5 Å². The van der Waals surface area contributed by atoms with Gasteiger partial charge in [-0.05, 0) is 54.3 Å². The standard InChI is InChI=1S/C23H30N2O3S/c1-15(2)29-20-8-6-17(7-9-20)16(3)24-23(26)25-11-10-18-12-21(27-4)22(28-5)13-19(18)14-25/h6-9,12-13,15-16H,10-11,14H2,1-5H3,(H,24,26). The molecule has 156 valence electrons. The number of rotatable bonds is 6. The van der Waals surface area contributed by atoms with E-state index in [1.54, 1.807) is 14.2 Å². The van der Waals surface area contributed by atoms with Crippen LogP contribution in [0.4, 0.5) is 4.79 Å². The maximum atomic E-state index is 12.8. The van der Waals surface area contributed by atoms with Gasteiger partial charge in [-0.1, -0.05) is 26.0 Å². The normalized spacial score (nSPS) is 14.3. The fraction of sp³-hybridized carbons (Fsp3) is 0.435. The summed E-state index contributed by atoms with van der Waals surface area (Å²) in [4.78, 5) is 15.9. The lowest BCUT2D eigenvalue weighted by Gasteiger charge is -2.31. The summed E-state index contributed by atoms with van der Waals surface area (Å²) in [6.07, 6.45) is 0.804. The van der Waals surface area contributed by atoms with Gasteiger partial charge in [-0.3, -0.25) is 0 Å². The molecular formula is C23H30N2O3S. The highest BCUT2D eigenvalue weighted by Gasteiger charge is 2.24. The molecule has 1 aliphatic heterocycles. The summed E-state index contributed by atoms with van der Waals surface area (Å²) >= 11 is 1.84. The Hall–Kier alpha value is -2.34. The fourth-order valence-corrected chi connectivity index (χ4v) is 4.36. The number of carbonyl (C=O) groups excluding carboxylic acids is 1. The number of thioether (sulfide) groups is 1. The molecule has 0 fully saturated rings. The van der Waals surface area contributed by atoms with Crippen molar-refractivity contribution < 1.29 is 14.3 Å². The Kier molecular flexibility index (Phi) is 6.96. The zero-order chi connectivity index (χ0) is 21.0. The lowest BCUT2D eigenvalue weighted by molar-refractivity contribution is 0.189. The largest absolute Gasteiger partial charge is 0.493 e. The van der Waals surface area contributed by atoms with Crippen molar-refractivity contribution in [3.8, 4) is 11.5 Å². The molecule has 2 amide bonds. The van der Waals surface area contributed by atoms with E-state index in [2.05, 4.69) is 43.4 Å². The van der Waals surface area contributed by atoms with Gasteiger partial charge in [0.1, 0.15) is 0 Å². The van der Waals surface area contributed by atoms with E-state index in [0.29, 0.717) is 24.1 Å². The van der Waals surface area contributed by atoms with Crippen molar-refractivity contribution in [2.45, 2.75) is 49.9 Å². The van der Waals surface area contributed by atoms with Crippen LogP contribution in [-0.2, 0) is 13.0 Å². The number of ether oxygens (including phenoxy) is 2. The molecule has 1 aliphatic rings. The van der Waals surface area contributed by atoms with Crippen LogP contribution in [0, 0.1) is 0 Å². The molecule has 1 unspecified atom stereocenters. The van der Waals surface area contributed by atoms with Crippen molar-refractivity contribution in [1.29, 1.82) is 0 Å². The molecule has 6 heteroatoms. The van der Waals surface area contributed by atoms with Gasteiger partial charge in [0, 0.05) is 23.2 Å². The summed E-state index contributed by atoms with van der Waals surface area (Å²) in [5.41, 5.74) is 3.42. The molecule has 0 saturated heterocycles. The van der Waals surface area contributed by atoms with E-state index in [9.17, 15) is 4.79 Å². The second kappa shape index (κ2) is 9.44. The Morgan fingerprint density at radius 3 is 2.24 bits per heavy atom. The van der Waals surface area contributed by atoms with Crippen LogP contribution < -0.4 is 14.8 Å². The van der Waals surface area contributed by atoms with E-state index in [0.717, 1.165) is 23.3 Å². The van der Waals surface area contributed by atoms with Crippen molar-refractivity contribution in [2.75, 3.05) is 20.8 Å². The molecule has 0 spiro atoms. The molecular weight excluding hydrogens is 384 g/mol. The number of hydrogen-bond acceptors (Lipinski definition) is 4. The molecule has 2 aromatic rings. The molecule has 29 heavy (non-hydrogen) atoms. The van der Waals surface area contributed by atoms with Crippen LogP contribution in [0.1, 0.15) is 43.5 Å². The van der Waals surface area contributed by atoms with E-state index in [1.807, 2.05) is 35.7 Å². The molecule has 1 heterocycles. The summed E-state index contributed by atoms with van der Waals surface area (Å²) in [5, 5.41) is 3.69. The summed E-state index contributed by atoms with van der Waals surface area (Å²) in [6.45, 7) is 7.64. The van der Waals surface area contributed by atoms with Crippen molar-refractivity contribution in [3.05, 3.63) is 53.1 Å². The first-order chi connectivity index (χ1) is 13.9. The average molecular weight is 415 g/mol. The highest BCUT2D eigenvalue weighted by Crippen LogP contribution is 2.33. The molecule has 3 rings (SSSR count). The minimum Gasteiger partial charge on any atom is -0.493 e. The third-order valence-corrected chi connectivity index (χ3v) is 6.11. The Bertz CT molecular complexity index is 852. The molecule has 1 N–H and O–H groups in total. The molecule has 1 atom stereocenters. The van der Waals surface area contributed by atoms with E-state index in [1.165, 1.54) is 10.5 Å². The highest BCUT2D eigenvalue weighted by atomic mass is 32.2. The second-order valence-electron chi connectivity index (χ2n) is 7.55. The van der Waals surface area contributed by atoms with Gasteiger partial charge >= 0.3 is 6.03 Å². The zero-order valence-corrected chi connectivity index (χ0v) is 18.6. The van der Waals surface area contributed by atoms with E-state index >= 15 is 0 Å². The first kappa shape index (κ1) is 21.4. The zero-order valence-electron chi connectivity index (χ0n) is 17.8. The predicted octanol–water partition coefficient (Wildman–Crippen LogP) is 5.03. The van der Waals surface area contributed by atoms with Gasteiger partial charge in [-0.25, -0.2) is 4.79 Å². The van der Waals surface area contributed by atoms with Gasteiger partial charge in [0.25, 0.3) is 0 Å². The van der Waals surface area contributed by atoms with Gasteiger partial charge in [-0.15, -0.1) is 11.8 Å². The quantitative estimate of drug-likeness (QED) is 0.674. The van der Waals surface area contributed by atoms with E-state index < -0.39 is 0 Å². The number of amides is 2. The van der Waals surface area contributed by atoms with Crippen LogP contribution in [0.2, 0.25) is 0 Å². The van der Waals surface area contributed by atoms with E-state index in [4.69, 9.17) is 9.47 Å². The van der Waals surface area contributed by atoms with Gasteiger partial charge < -0.3 is 19.7 Å². The summed E-state index contributed by atoms with van der Waals surface area (Å²) < 4.78 is 10.8. The first-order valence-corrected chi connectivity index (χ1v) is 10.8. The Morgan fingerprint density at radius 1 is 1.03 bits per heavy atom. The maximum Gasteiger partial charge on any atom is 0.318 e. The number of methoxy groups -OCH3 is 2. The van der Waals surface area contributed by atoms with Crippen molar-refractivity contribution in [1.82, 2.24) is 10.2 Å². The number of carbonyl (C=O) groups is 1. The average Bonchev–Trinajstić information content (AvgIpc) is 2.72. The van der Waals surface area contributed by atoms with Gasteiger partial charge in [0.05, 0.1) is 20.3 Å². The number of nitrogens with zero attached hydrogens (tertiary/aromatic N) is 1. The van der Waals surface area contributed by atoms with Crippen molar-refractivity contribution in [3.63, 3.8) is 0 Å². The van der Waals surface area contributed by atoms with Crippen LogP contribution in [0.25, 0.3) is 0 Å². The fourth-order valence-electron chi connectivity index (χ4n) is 3.52. The van der Waals surface area contributed by atoms with Crippen LogP contribution in [-0.4, -0.2) is 36.9 Å². The van der Waals surface area contributed by atoms with Gasteiger partial charge in [-0.2, -0.15) is 0 Å². The smallest absolute Gasteiger partial charge is 0.318 e. The number of benzene rings is 2. The van der Waals surface area contributed by atoms with Gasteiger partial charge in [0.15, 0.2) is 11.5 Å². The van der Waals surface area contributed by atoms with E-state index in [-0.39, 0.29) is 12.1 Å². The summed E-state index contributed by atoms with van der Waals surface area (Å²) in [6, 6.07) is 12.3. The minimum absolute atomic E-state index is 0.0430.